The average molecular weight is 298 g/mol. The van der Waals surface area contributed by atoms with Crippen LogP contribution in [0.25, 0.3) is 0 Å². The predicted molar refractivity (Wildman–Crippen MR) is 91.7 cm³/mol. The lowest BCUT2D eigenvalue weighted by atomic mass is 10.0. The molecule has 0 N–H and O–H groups in total. The second-order valence-corrected chi connectivity index (χ2v) is 5.64. The summed E-state index contributed by atoms with van der Waals surface area (Å²) in [4.78, 5) is 4.05. The number of pyridine rings is 1. The van der Waals surface area contributed by atoms with Gasteiger partial charge in [-0.1, -0.05) is 71.1 Å². The Bertz CT molecular complexity index is 287. The number of halogens is 1. The van der Waals surface area contributed by atoms with Crippen molar-refractivity contribution in [3.8, 4) is 0 Å². The van der Waals surface area contributed by atoms with Gasteiger partial charge in [-0.05, 0) is 30.5 Å². The number of unbranched alkanes of at least 4 members (excludes halogenated alkanes) is 10. The van der Waals surface area contributed by atoms with Crippen molar-refractivity contribution >= 4 is 12.4 Å². The van der Waals surface area contributed by atoms with Gasteiger partial charge in [-0.25, -0.2) is 0 Å². The molecule has 0 unspecified atom stereocenters. The minimum Gasteiger partial charge on any atom is -0.265 e. The van der Waals surface area contributed by atoms with E-state index in [0.717, 1.165) is 0 Å². The number of hydrogen-bond donors (Lipinski definition) is 0. The smallest absolute Gasteiger partial charge is 0.0270 e. The lowest BCUT2D eigenvalue weighted by Crippen LogP contribution is -1.86. The highest BCUT2D eigenvalue weighted by Gasteiger charge is 1.94. The number of nitrogens with zero attached hydrogens (tertiary/aromatic N) is 1. The zero-order valence-corrected chi connectivity index (χ0v) is 14.0. The van der Waals surface area contributed by atoms with Gasteiger partial charge in [-0.15, -0.1) is 12.4 Å². The molecule has 20 heavy (non-hydrogen) atoms. The Kier molecular flexibility index (Phi) is 14.4. The summed E-state index contributed by atoms with van der Waals surface area (Å²) in [5.74, 6) is 0. The summed E-state index contributed by atoms with van der Waals surface area (Å²) in [6.45, 7) is 2.28. The maximum atomic E-state index is 4.05. The Hall–Kier alpha value is -0.560. The Balaban J connectivity index is 0.00000361. The van der Waals surface area contributed by atoms with Crippen LogP contribution in [0.4, 0.5) is 0 Å². The third-order valence-electron chi connectivity index (χ3n) is 3.82. The molecule has 0 aromatic carbocycles. The van der Waals surface area contributed by atoms with Gasteiger partial charge >= 0.3 is 0 Å². The Morgan fingerprint density at radius 3 is 1.65 bits per heavy atom. The first kappa shape index (κ1) is 19.4. The maximum absolute atomic E-state index is 4.05. The van der Waals surface area contributed by atoms with Crippen molar-refractivity contribution in [2.45, 2.75) is 84.0 Å². The number of aromatic nitrogens is 1. The molecule has 116 valence electrons. The third-order valence-corrected chi connectivity index (χ3v) is 3.82. The van der Waals surface area contributed by atoms with Gasteiger partial charge in [0.15, 0.2) is 0 Å². The van der Waals surface area contributed by atoms with Crippen molar-refractivity contribution in [2.24, 2.45) is 0 Å². The van der Waals surface area contributed by atoms with Crippen LogP contribution in [-0.4, -0.2) is 4.98 Å². The van der Waals surface area contributed by atoms with Crippen molar-refractivity contribution in [2.75, 3.05) is 0 Å². The van der Waals surface area contributed by atoms with Crippen LogP contribution < -0.4 is 0 Å². The molecular formula is C18H32ClN. The van der Waals surface area contributed by atoms with Crippen LogP contribution in [-0.2, 0) is 6.42 Å². The molecule has 1 aromatic heterocycles. The van der Waals surface area contributed by atoms with Crippen LogP contribution in [0.15, 0.2) is 24.5 Å². The van der Waals surface area contributed by atoms with E-state index in [-0.39, 0.29) is 12.4 Å². The van der Waals surface area contributed by atoms with Gasteiger partial charge in [0.2, 0.25) is 0 Å². The van der Waals surface area contributed by atoms with Crippen molar-refractivity contribution < 1.29 is 0 Å². The van der Waals surface area contributed by atoms with Crippen molar-refractivity contribution in [1.82, 2.24) is 4.98 Å². The molecule has 1 aromatic rings. The highest BCUT2D eigenvalue weighted by atomic mass is 35.5. The number of hydrogen-bond acceptors (Lipinski definition) is 1. The molecule has 2 heteroatoms. The molecule has 0 aliphatic rings. The molecule has 0 bridgehead atoms. The Morgan fingerprint density at radius 1 is 0.700 bits per heavy atom. The van der Waals surface area contributed by atoms with E-state index in [0.29, 0.717) is 0 Å². The first-order valence-electron chi connectivity index (χ1n) is 8.32. The largest absolute Gasteiger partial charge is 0.265 e. The molecule has 0 fully saturated rings. The summed E-state index contributed by atoms with van der Waals surface area (Å²) in [5.41, 5.74) is 1.44. The molecule has 1 nitrogen and oxygen atoms in total. The van der Waals surface area contributed by atoms with Gasteiger partial charge in [-0.3, -0.25) is 4.98 Å². The normalized spacial score (nSPS) is 10.2. The first-order valence-corrected chi connectivity index (χ1v) is 8.32. The molecule has 0 radical (unpaired) electrons. The molecular weight excluding hydrogens is 266 g/mol. The molecule has 0 amide bonds. The summed E-state index contributed by atoms with van der Waals surface area (Å²) in [6.07, 6.45) is 20.6. The zero-order valence-electron chi connectivity index (χ0n) is 13.2. The van der Waals surface area contributed by atoms with Gasteiger partial charge in [0, 0.05) is 12.4 Å². The fourth-order valence-electron chi connectivity index (χ4n) is 2.54. The van der Waals surface area contributed by atoms with Gasteiger partial charge in [-0.2, -0.15) is 0 Å². The van der Waals surface area contributed by atoms with Crippen LogP contribution in [0, 0.1) is 0 Å². The van der Waals surface area contributed by atoms with Crippen molar-refractivity contribution in [3.05, 3.63) is 30.1 Å². The van der Waals surface area contributed by atoms with Crippen LogP contribution in [0.2, 0.25) is 0 Å². The van der Waals surface area contributed by atoms with Gasteiger partial charge in [0.25, 0.3) is 0 Å². The lowest BCUT2D eigenvalue weighted by molar-refractivity contribution is 0.549. The topological polar surface area (TPSA) is 12.9 Å². The Labute approximate surface area is 132 Å². The monoisotopic (exact) mass is 297 g/mol. The summed E-state index contributed by atoms with van der Waals surface area (Å²) in [7, 11) is 0. The standard InChI is InChI=1S/C18H31N.ClH/c1-2-3-4-5-6-7-8-9-10-11-12-13-18-14-16-19-17-15-18;/h14-17H,2-13H2,1H3;1H. The van der Waals surface area contributed by atoms with Crippen LogP contribution in [0.3, 0.4) is 0 Å². The minimum absolute atomic E-state index is 0. The fourth-order valence-corrected chi connectivity index (χ4v) is 2.54. The second-order valence-electron chi connectivity index (χ2n) is 5.64. The summed E-state index contributed by atoms with van der Waals surface area (Å²) >= 11 is 0. The first-order chi connectivity index (χ1) is 9.43. The molecule has 0 saturated carbocycles. The molecule has 0 aliphatic carbocycles. The van der Waals surface area contributed by atoms with Crippen molar-refractivity contribution in [3.63, 3.8) is 0 Å². The average Bonchev–Trinajstić information content (AvgIpc) is 2.46. The molecule has 1 rings (SSSR count). The quantitative estimate of drug-likeness (QED) is 0.409. The lowest BCUT2D eigenvalue weighted by Gasteiger charge is -2.03. The van der Waals surface area contributed by atoms with Crippen LogP contribution in [0.5, 0.6) is 0 Å². The van der Waals surface area contributed by atoms with E-state index in [9.17, 15) is 0 Å². The summed E-state index contributed by atoms with van der Waals surface area (Å²) < 4.78 is 0. The summed E-state index contributed by atoms with van der Waals surface area (Å²) in [6, 6.07) is 4.27. The highest BCUT2D eigenvalue weighted by molar-refractivity contribution is 5.85. The van der Waals surface area contributed by atoms with Crippen LogP contribution in [0.1, 0.15) is 83.1 Å². The van der Waals surface area contributed by atoms with Crippen molar-refractivity contribution in [1.29, 1.82) is 0 Å². The molecule has 0 saturated heterocycles. The van der Waals surface area contributed by atoms with Gasteiger partial charge < -0.3 is 0 Å². The zero-order chi connectivity index (χ0) is 13.6. The third kappa shape index (κ3) is 11.3. The van der Waals surface area contributed by atoms with E-state index in [1.54, 1.807) is 0 Å². The summed E-state index contributed by atoms with van der Waals surface area (Å²) in [5, 5.41) is 0. The van der Waals surface area contributed by atoms with E-state index in [4.69, 9.17) is 0 Å². The molecule has 1 heterocycles. The van der Waals surface area contributed by atoms with Gasteiger partial charge in [0.05, 0.1) is 0 Å². The second kappa shape index (κ2) is 14.8. The van der Waals surface area contributed by atoms with E-state index >= 15 is 0 Å². The van der Waals surface area contributed by atoms with E-state index < -0.39 is 0 Å². The maximum Gasteiger partial charge on any atom is 0.0270 e. The molecule has 0 spiro atoms. The molecule has 0 aliphatic heterocycles. The van der Waals surface area contributed by atoms with E-state index in [2.05, 4.69) is 24.0 Å². The van der Waals surface area contributed by atoms with E-state index in [1.165, 1.54) is 82.6 Å². The van der Waals surface area contributed by atoms with Gasteiger partial charge in [0.1, 0.15) is 0 Å². The SMILES string of the molecule is CCCCCCCCCCCCCc1ccncc1.Cl. The predicted octanol–water partition coefficient (Wildman–Crippen LogP) is 6.36. The molecule has 0 atom stereocenters. The fraction of sp³-hybridized carbons (Fsp3) is 0.722. The highest BCUT2D eigenvalue weighted by Crippen LogP contribution is 2.12. The minimum atomic E-state index is 0. The number of rotatable bonds is 12. The Morgan fingerprint density at radius 2 is 1.15 bits per heavy atom. The van der Waals surface area contributed by atoms with E-state index in [1.807, 2.05) is 12.4 Å². The number of aryl methyl sites for hydroxylation is 1. The van der Waals surface area contributed by atoms with Crippen LogP contribution >= 0.6 is 12.4 Å².